The number of carbonyl (C=O) groups excluding carboxylic acids is 1. The number of nitriles is 1. The van der Waals surface area contributed by atoms with Gasteiger partial charge >= 0.3 is 0 Å². The van der Waals surface area contributed by atoms with Gasteiger partial charge in [0, 0.05) is 6.54 Å². The molecule has 0 aliphatic rings. The second kappa shape index (κ2) is 7.55. The molecule has 0 heterocycles. The van der Waals surface area contributed by atoms with Crippen molar-refractivity contribution in [3.05, 3.63) is 35.4 Å². The maximum atomic E-state index is 12.0. The summed E-state index contributed by atoms with van der Waals surface area (Å²) in [4.78, 5) is 12.0. The second-order valence-corrected chi connectivity index (χ2v) is 4.51. The van der Waals surface area contributed by atoms with Crippen LogP contribution in [0.25, 0.3) is 0 Å². The molecule has 1 rings (SSSR count). The quantitative estimate of drug-likeness (QED) is 0.822. The van der Waals surface area contributed by atoms with Crippen LogP contribution in [0.3, 0.4) is 0 Å². The molecular formula is C15H20N2O2. The number of carbonyl (C=O) groups is 1. The Hall–Kier alpha value is -1.86. The molecule has 4 heteroatoms. The highest BCUT2D eigenvalue weighted by atomic mass is 16.3. The van der Waals surface area contributed by atoms with Gasteiger partial charge in [-0.15, -0.1) is 0 Å². The minimum Gasteiger partial charge on any atom is -0.391 e. The zero-order chi connectivity index (χ0) is 14.3. The zero-order valence-electron chi connectivity index (χ0n) is 11.4. The summed E-state index contributed by atoms with van der Waals surface area (Å²) in [6.45, 7) is 4.25. The van der Waals surface area contributed by atoms with Gasteiger partial charge in [-0.25, -0.2) is 0 Å². The van der Waals surface area contributed by atoms with Crippen molar-refractivity contribution >= 4 is 5.91 Å². The molecular weight excluding hydrogens is 240 g/mol. The molecule has 1 aromatic carbocycles. The van der Waals surface area contributed by atoms with E-state index in [1.165, 1.54) is 0 Å². The maximum Gasteiger partial charge on any atom is 0.252 e. The summed E-state index contributed by atoms with van der Waals surface area (Å²) in [5.41, 5.74) is 0.693. The molecule has 0 saturated carbocycles. The molecule has 1 amide bonds. The third-order valence-corrected chi connectivity index (χ3v) is 3.36. The first-order valence-electron chi connectivity index (χ1n) is 6.59. The van der Waals surface area contributed by atoms with Crippen LogP contribution < -0.4 is 5.32 Å². The summed E-state index contributed by atoms with van der Waals surface area (Å²) >= 11 is 0. The van der Waals surface area contributed by atoms with Crippen LogP contribution in [0.2, 0.25) is 0 Å². The van der Waals surface area contributed by atoms with Gasteiger partial charge in [0.2, 0.25) is 0 Å². The van der Waals surface area contributed by atoms with Crippen molar-refractivity contribution in [2.45, 2.75) is 32.8 Å². The van der Waals surface area contributed by atoms with E-state index in [1.807, 2.05) is 19.9 Å². The molecule has 4 nitrogen and oxygen atoms in total. The summed E-state index contributed by atoms with van der Waals surface area (Å²) in [6, 6.07) is 8.63. The van der Waals surface area contributed by atoms with Crippen LogP contribution >= 0.6 is 0 Å². The lowest BCUT2D eigenvalue weighted by molar-refractivity contribution is 0.0816. The largest absolute Gasteiger partial charge is 0.391 e. The van der Waals surface area contributed by atoms with E-state index >= 15 is 0 Å². The number of hydrogen-bond acceptors (Lipinski definition) is 3. The first-order valence-corrected chi connectivity index (χ1v) is 6.59. The molecule has 1 atom stereocenters. The minimum absolute atomic E-state index is 0.187. The molecule has 1 unspecified atom stereocenters. The predicted molar refractivity (Wildman–Crippen MR) is 73.6 cm³/mol. The van der Waals surface area contributed by atoms with E-state index < -0.39 is 6.10 Å². The summed E-state index contributed by atoms with van der Waals surface area (Å²) < 4.78 is 0. The van der Waals surface area contributed by atoms with Crippen LogP contribution in [0.4, 0.5) is 0 Å². The number of amides is 1. The predicted octanol–water partition coefficient (Wildman–Crippen LogP) is 2.09. The van der Waals surface area contributed by atoms with E-state index in [9.17, 15) is 9.90 Å². The van der Waals surface area contributed by atoms with Gasteiger partial charge in [-0.05, 0) is 18.1 Å². The Balaban J connectivity index is 2.63. The van der Waals surface area contributed by atoms with E-state index in [1.54, 1.807) is 24.3 Å². The van der Waals surface area contributed by atoms with Crippen molar-refractivity contribution in [3.8, 4) is 6.07 Å². The Morgan fingerprint density at radius 1 is 1.37 bits per heavy atom. The molecule has 1 aromatic rings. The first kappa shape index (κ1) is 15.2. The summed E-state index contributed by atoms with van der Waals surface area (Å²) in [5, 5.41) is 21.6. The van der Waals surface area contributed by atoms with Crippen molar-refractivity contribution in [2.75, 3.05) is 6.54 Å². The maximum absolute atomic E-state index is 12.0. The van der Waals surface area contributed by atoms with Gasteiger partial charge in [-0.1, -0.05) is 38.8 Å². The molecule has 19 heavy (non-hydrogen) atoms. The molecule has 0 radical (unpaired) electrons. The Kier molecular flexibility index (Phi) is 6.04. The van der Waals surface area contributed by atoms with Crippen molar-refractivity contribution in [1.82, 2.24) is 5.32 Å². The van der Waals surface area contributed by atoms with Crippen LogP contribution in [-0.4, -0.2) is 23.7 Å². The topological polar surface area (TPSA) is 73.1 Å². The van der Waals surface area contributed by atoms with Crippen LogP contribution in [0.5, 0.6) is 0 Å². The highest BCUT2D eigenvalue weighted by Crippen LogP contribution is 2.13. The molecule has 0 fully saturated rings. The van der Waals surface area contributed by atoms with Gasteiger partial charge in [-0.2, -0.15) is 5.26 Å². The van der Waals surface area contributed by atoms with Crippen LogP contribution in [-0.2, 0) is 0 Å². The van der Waals surface area contributed by atoms with Gasteiger partial charge < -0.3 is 10.4 Å². The van der Waals surface area contributed by atoms with Crippen molar-refractivity contribution < 1.29 is 9.90 Å². The van der Waals surface area contributed by atoms with Crippen LogP contribution in [0.15, 0.2) is 24.3 Å². The molecule has 0 aliphatic carbocycles. The average Bonchev–Trinajstić information content (AvgIpc) is 2.45. The Labute approximate surface area is 114 Å². The van der Waals surface area contributed by atoms with E-state index in [2.05, 4.69) is 5.32 Å². The number of aliphatic hydroxyl groups is 1. The average molecular weight is 260 g/mol. The minimum atomic E-state index is -0.548. The Morgan fingerprint density at radius 2 is 2.00 bits per heavy atom. The number of hydrogen-bond donors (Lipinski definition) is 2. The number of nitrogens with zero attached hydrogens (tertiary/aromatic N) is 1. The lowest BCUT2D eigenvalue weighted by Gasteiger charge is -2.20. The number of aliphatic hydroxyl groups excluding tert-OH is 1. The van der Waals surface area contributed by atoms with Crippen molar-refractivity contribution in [1.29, 1.82) is 5.26 Å². The van der Waals surface area contributed by atoms with Crippen molar-refractivity contribution in [3.63, 3.8) is 0 Å². The van der Waals surface area contributed by atoms with E-state index in [-0.39, 0.29) is 18.4 Å². The van der Waals surface area contributed by atoms with Gasteiger partial charge in [-0.3, -0.25) is 4.79 Å². The highest BCUT2D eigenvalue weighted by Gasteiger charge is 2.17. The van der Waals surface area contributed by atoms with Gasteiger partial charge in [0.1, 0.15) is 0 Å². The fraction of sp³-hybridized carbons (Fsp3) is 0.467. The monoisotopic (exact) mass is 260 g/mol. The molecule has 2 N–H and O–H groups in total. The van der Waals surface area contributed by atoms with Crippen LogP contribution in [0, 0.1) is 17.2 Å². The lowest BCUT2D eigenvalue weighted by Crippen LogP contribution is -2.36. The normalized spacial score (nSPS) is 11.9. The summed E-state index contributed by atoms with van der Waals surface area (Å²) in [6.07, 6.45) is 1.21. The Morgan fingerprint density at radius 3 is 2.58 bits per heavy atom. The third kappa shape index (κ3) is 4.08. The fourth-order valence-electron chi connectivity index (χ4n) is 2.07. The van der Waals surface area contributed by atoms with Gasteiger partial charge in [0.15, 0.2) is 0 Å². The number of nitrogens with one attached hydrogen (secondary N) is 1. The molecule has 102 valence electrons. The van der Waals surface area contributed by atoms with Crippen molar-refractivity contribution in [2.24, 2.45) is 5.92 Å². The lowest BCUT2D eigenvalue weighted by atomic mass is 9.96. The molecule has 0 spiro atoms. The van der Waals surface area contributed by atoms with Crippen LogP contribution in [0.1, 0.15) is 42.6 Å². The van der Waals surface area contributed by atoms with E-state index in [0.29, 0.717) is 11.1 Å². The molecule has 0 aliphatic heterocycles. The molecule has 0 saturated heterocycles. The standard InChI is InChI=1S/C15H20N2O2/c1-3-11(4-2)14(18)10-17-15(19)13-8-6-5-7-12(13)9-16/h5-8,11,14,18H,3-4,10H2,1-2H3,(H,17,19). The smallest absolute Gasteiger partial charge is 0.252 e. The Bertz CT molecular complexity index is 461. The summed E-state index contributed by atoms with van der Waals surface area (Å²) in [5.74, 6) is -0.131. The van der Waals surface area contributed by atoms with Gasteiger partial charge in [0.05, 0.1) is 23.3 Å². The van der Waals surface area contributed by atoms with E-state index in [4.69, 9.17) is 5.26 Å². The first-order chi connectivity index (χ1) is 9.13. The second-order valence-electron chi connectivity index (χ2n) is 4.51. The highest BCUT2D eigenvalue weighted by molar-refractivity contribution is 5.96. The number of benzene rings is 1. The SMILES string of the molecule is CCC(CC)C(O)CNC(=O)c1ccccc1C#N. The van der Waals surface area contributed by atoms with E-state index in [0.717, 1.165) is 12.8 Å². The summed E-state index contributed by atoms with van der Waals surface area (Å²) in [7, 11) is 0. The molecule has 0 aromatic heterocycles. The molecule has 0 bridgehead atoms. The zero-order valence-corrected chi connectivity index (χ0v) is 11.4. The number of rotatable bonds is 6. The van der Waals surface area contributed by atoms with Gasteiger partial charge in [0.25, 0.3) is 5.91 Å². The third-order valence-electron chi connectivity index (χ3n) is 3.36. The fourth-order valence-corrected chi connectivity index (χ4v) is 2.07.